The predicted molar refractivity (Wildman–Crippen MR) is 46.0 cm³/mol. The van der Waals surface area contributed by atoms with Gasteiger partial charge in [0.25, 0.3) is 0 Å². The monoisotopic (exact) mass is 224 g/mol. The first kappa shape index (κ1) is 9.16. The minimum absolute atomic E-state index is 0. The van der Waals surface area contributed by atoms with Crippen molar-refractivity contribution in [1.82, 2.24) is 0 Å². The number of hydrogen-bond donors (Lipinski definition) is 0. The molecule has 2 nitrogen and oxygen atoms in total. The standard InChI is InChI=1S/C7H5BrO2.Mg/c8-5-1-2-6-7(3-5)10-4-9-6;/h1-3H,4H2;/q;+2. The van der Waals surface area contributed by atoms with E-state index >= 15 is 0 Å². The van der Waals surface area contributed by atoms with Gasteiger partial charge in [-0.3, -0.25) is 0 Å². The van der Waals surface area contributed by atoms with Gasteiger partial charge in [0.1, 0.15) is 0 Å². The van der Waals surface area contributed by atoms with Crippen LogP contribution >= 0.6 is 15.9 Å². The molecule has 4 heteroatoms. The van der Waals surface area contributed by atoms with Crippen LogP contribution < -0.4 is 9.47 Å². The van der Waals surface area contributed by atoms with Crippen molar-refractivity contribution in [3.8, 4) is 11.5 Å². The molecule has 0 N–H and O–H groups in total. The van der Waals surface area contributed by atoms with E-state index in [1.807, 2.05) is 18.2 Å². The maximum Gasteiger partial charge on any atom is 2.00 e. The molecule has 1 aliphatic rings. The summed E-state index contributed by atoms with van der Waals surface area (Å²) in [6.07, 6.45) is 0. The van der Waals surface area contributed by atoms with Crippen LogP contribution in [0.15, 0.2) is 22.7 Å². The minimum atomic E-state index is 0. The largest absolute Gasteiger partial charge is 2.00 e. The summed E-state index contributed by atoms with van der Waals surface area (Å²) >= 11 is 3.33. The van der Waals surface area contributed by atoms with Crippen LogP contribution in [-0.2, 0) is 0 Å². The summed E-state index contributed by atoms with van der Waals surface area (Å²) in [5, 5.41) is 0. The Morgan fingerprint density at radius 2 is 1.91 bits per heavy atom. The van der Waals surface area contributed by atoms with E-state index in [-0.39, 0.29) is 23.1 Å². The Labute approximate surface area is 89.2 Å². The summed E-state index contributed by atoms with van der Waals surface area (Å²) in [6, 6.07) is 5.70. The number of halogens is 1. The quantitative estimate of drug-likeness (QED) is 0.627. The van der Waals surface area contributed by atoms with Gasteiger partial charge < -0.3 is 9.47 Å². The number of hydrogen-bond acceptors (Lipinski definition) is 2. The van der Waals surface area contributed by atoms with Crippen LogP contribution in [0, 0.1) is 0 Å². The summed E-state index contributed by atoms with van der Waals surface area (Å²) in [6.45, 7) is 0.339. The normalized spacial score (nSPS) is 12.5. The Kier molecular flexibility index (Phi) is 3.03. The van der Waals surface area contributed by atoms with E-state index in [1.54, 1.807) is 0 Å². The minimum Gasteiger partial charge on any atom is -0.454 e. The fourth-order valence-corrected chi connectivity index (χ4v) is 1.21. The SMILES string of the molecule is Brc1ccc2c(c1)OCO2.[Mg+2]. The summed E-state index contributed by atoms with van der Waals surface area (Å²) in [5.74, 6) is 1.64. The Morgan fingerprint density at radius 1 is 1.18 bits per heavy atom. The third-order valence-electron chi connectivity index (χ3n) is 1.33. The average Bonchev–Trinajstić information content (AvgIpc) is 2.33. The molecule has 0 aromatic heterocycles. The second-order valence-corrected chi connectivity index (χ2v) is 2.91. The zero-order valence-corrected chi connectivity index (χ0v) is 8.84. The van der Waals surface area contributed by atoms with E-state index in [2.05, 4.69) is 15.9 Å². The number of benzene rings is 1. The summed E-state index contributed by atoms with van der Waals surface area (Å²) < 4.78 is 11.2. The molecule has 0 radical (unpaired) electrons. The van der Waals surface area contributed by atoms with Gasteiger partial charge in [-0.15, -0.1) is 0 Å². The molecule has 0 aliphatic carbocycles. The summed E-state index contributed by atoms with van der Waals surface area (Å²) in [7, 11) is 0. The molecule has 0 spiro atoms. The average molecular weight is 225 g/mol. The number of rotatable bonds is 0. The van der Waals surface area contributed by atoms with Crippen LogP contribution in [0.5, 0.6) is 11.5 Å². The van der Waals surface area contributed by atoms with Crippen molar-refractivity contribution >= 4 is 39.0 Å². The smallest absolute Gasteiger partial charge is 0.454 e. The van der Waals surface area contributed by atoms with Gasteiger partial charge in [-0.05, 0) is 18.2 Å². The maximum atomic E-state index is 5.13. The van der Waals surface area contributed by atoms with Gasteiger partial charge in [0, 0.05) is 4.47 Å². The first-order valence-electron chi connectivity index (χ1n) is 2.91. The molecule has 0 saturated heterocycles. The van der Waals surface area contributed by atoms with Crippen molar-refractivity contribution in [2.24, 2.45) is 0 Å². The third kappa shape index (κ3) is 1.80. The Hall–Kier alpha value is 0.0662. The van der Waals surface area contributed by atoms with E-state index in [1.165, 1.54) is 0 Å². The molecule has 0 unspecified atom stereocenters. The summed E-state index contributed by atoms with van der Waals surface area (Å²) in [5.41, 5.74) is 0. The van der Waals surface area contributed by atoms with Crippen LogP contribution in [0.2, 0.25) is 0 Å². The molecule has 1 aliphatic heterocycles. The van der Waals surface area contributed by atoms with Gasteiger partial charge in [-0.2, -0.15) is 0 Å². The molecule has 0 atom stereocenters. The van der Waals surface area contributed by atoms with Gasteiger partial charge in [0.15, 0.2) is 11.5 Å². The fraction of sp³-hybridized carbons (Fsp3) is 0.143. The van der Waals surface area contributed by atoms with Crippen LogP contribution in [0.25, 0.3) is 0 Å². The van der Waals surface area contributed by atoms with E-state index in [9.17, 15) is 0 Å². The van der Waals surface area contributed by atoms with Crippen LogP contribution in [-0.4, -0.2) is 29.8 Å². The van der Waals surface area contributed by atoms with Gasteiger partial charge in [-0.1, -0.05) is 15.9 Å². The molecule has 0 saturated carbocycles. The Bertz CT molecular complexity index is 265. The van der Waals surface area contributed by atoms with Crippen LogP contribution in [0.1, 0.15) is 0 Å². The van der Waals surface area contributed by atoms with Gasteiger partial charge in [0.05, 0.1) is 0 Å². The first-order valence-corrected chi connectivity index (χ1v) is 3.71. The molecule has 1 aromatic rings. The van der Waals surface area contributed by atoms with Gasteiger partial charge in [0.2, 0.25) is 6.79 Å². The molecule has 52 valence electrons. The molecule has 0 bridgehead atoms. The topological polar surface area (TPSA) is 18.5 Å². The van der Waals surface area contributed by atoms with Gasteiger partial charge in [-0.25, -0.2) is 0 Å². The first-order chi connectivity index (χ1) is 4.86. The van der Waals surface area contributed by atoms with Crippen LogP contribution in [0.4, 0.5) is 0 Å². The van der Waals surface area contributed by atoms with Crippen molar-refractivity contribution in [3.05, 3.63) is 22.7 Å². The molecule has 11 heavy (non-hydrogen) atoms. The summed E-state index contributed by atoms with van der Waals surface area (Å²) in [4.78, 5) is 0. The fourth-order valence-electron chi connectivity index (χ4n) is 0.870. The Morgan fingerprint density at radius 3 is 2.73 bits per heavy atom. The molecular weight excluding hydrogens is 220 g/mol. The maximum absolute atomic E-state index is 5.13. The predicted octanol–water partition coefficient (Wildman–Crippen LogP) is 1.80. The molecule has 0 fully saturated rings. The second kappa shape index (κ2) is 3.65. The molecule has 2 rings (SSSR count). The molecule has 0 amide bonds. The number of fused-ring (bicyclic) bond motifs is 1. The number of ether oxygens (including phenoxy) is 2. The van der Waals surface area contributed by atoms with Crippen molar-refractivity contribution in [2.75, 3.05) is 6.79 Å². The van der Waals surface area contributed by atoms with E-state index in [4.69, 9.17) is 9.47 Å². The van der Waals surface area contributed by atoms with E-state index < -0.39 is 0 Å². The van der Waals surface area contributed by atoms with Crippen molar-refractivity contribution in [2.45, 2.75) is 0 Å². The van der Waals surface area contributed by atoms with Crippen molar-refractivity contribution in [3.63, 3.8) is 0 Å². The zero-order valence-electron chi connectivity index (χ0n) is 5.84. The second-order valence-electron chi connectivity index (χ2n) is 2.00. The molecular formula is C7H5BrMgO2+2. The molecule has 1 heterocycles. The van der Waals surface area contributed by atoms with Crippen molar-refractivity contribution in [1.29, 1.82) is 0 Å². The van der Waals surface area contributed by atoms with E-state index in [0.29, 0.717) is 6.79 Å². The van der Waals surface area contributed by atoms with E-state index in [0.717, 1.165) is 16.0 Å². The van der Waals surface area contributed by atoms with Gasteiger partial charge >= 0.3 is 23.1 Å². The Balaban J connectivity index is 0.000000605. The van der Waals surface area contributed by atoms with Crippen LogP contribution in [0.3, 0.4) is 0 Å². The van der Waals surface area contributed by atoms with Crippen molar-refractivity contribution < 1.29 is 9.47 Å². The molecule has 1 aromatic carbocycles. The zero-order chi connectivity index (χ0) is 6.97. The third-order valence-corrected chi connectivity index (χ3v) is 1.83.